The fourth-order valence-corrected chi connectivity index (χ4v) is 1.99. The predicted octanol–water partition coefficient (Wildman–Crippen LogP) is 3.28. The van der Waals surface area contributed by atoms with E-state index in [0.29, 0.717) is 10.9 Å². The predicted molar refractivity (Wildman–Crippen MR) is 65.4 cm³/mol. The minimum Gasteiger partial charge on any atom is -0.218 e. The van der Waals surface area contributed by atoms with Crippen molar-refractivity contribution in [3.63, 3.8) is 0 Å². The zero-order valence-corrected chi connectivity index (χ0v) is 10.5. The average Bonchev–Trinajstić information content (AvgIpc) is 2.57. The number of halogens is 2. The van der Waals surface area contributed by atoms with Gasteiger partial charge < -0.3 is 0 Å². The Labute approximate surface area is 104 Å². The molecule has 0 atom stereocenters. The van der Waals surface area contributed by atoms with Gasteiger partial charge in [-0.3, -0.25) is 0 Å². The van der Waals surface area contributed by atoms with Crippen LogP contribution in [0.2, 0.25) is 5.02 Å². The fourth-order valence-electron chi connectivity index (χ4n) is 1.60. The summed E-state index contributed by atoms with van der Waals surface area (Å²) in [6, 6.07) is 5.57. The van der Waals surface area contributed by atoms with Crippen molar-refractivity contribution < 1.29 is 0 Å². The lowest BCUT2D eigenvalue weighted by Gasteiger charge is -2.08. The Morgan fingerprint density at radius 3 is 2.62 bits per heavy atom. The van der Waals surface area contributed by atoms with E-state index in [2.05, 4.69) is 10.1 Å². The molecule has 0 aliphatic carbocycles. The first-order valence-corrected chi connectivity index (χ1v) is 5.78. The molecule has 0 saturated carbocycles. The van der Waals surface area contributed by atoms with Crippen molar-refractivity contribution in [2.24, 2.45) is 0 Å². The molecule has 2 aromatic rings. The van der Waals surface area contributed by atoms with Crippen molar-refractivity contribution in [1.29, 1.82) is 0 Å². The molecule has 0 unspecified atom stereocenters. The molecule has 0 aliphatic heterocycles. The van der Waals surface area contributed by atoms with Crippen molar-refractivity contribution >= 4 is 23.2 Å². The fraction of sp³-hybridized carbons (Fsp3) is 0.273. The van der Waals surface area contributed by atoms with Crippen LogP contribution in [0.1, 0.15) is 17.2 Å². The standard InChI is InChI=1S/C11H11Cl2N3/c1-7-14-8(2)16(15-7)11-5-10(13)4-3-9(11)6-12/h3-5H,6H2,1-2H3. The number of hydrogen-bond donors (Lipinski definition) is 0. The maximum atomic E-state index is 5.98. The van der Waals surface area contributed by atoms with E-state index in [9.17, 15) is 0 Å². The Kier molecular flexibility index (Phi) is 3.17. The smallest absolute Gasteiger partial charge is 0.148 e. The average molecular weight is 256 g/mol. The Hall–Kier alpha value is -1.06. The summed E-state index contributed by atoms with van der Waals surface area (Å²) in [7, 11) is 0. The summed E-state index contributed by atoms with van der Waals surface area (Å²) in [5.41, 5.74) is 1.87. The third-order valence-electron chi connectivity index (χ3n) is 2.29. The van der Waals surface area contributed by atoms with Gasteiger partial charge in [0.2, 0.25) is 0 Å². The molecule has 0 saturated heterocycles. The number of rotatable bonds is 2. The van der Waals surface area contributed by atoms with Crippen LogP contribution in [-0.2, 0) is 5.88 Å². The summed E-state index contributed by atoms with van der Waals surface area (Å²) < 4.78 is 1.76. The van der Waals surface area contributed by atoms with Crippen LogP contribution in [0, 0.1) is 13.8 Å². The van der Waals surface area contributed by atoms with Gasteiger partial charge in [-0.1, -0.05) is 17.7 Å². The molecule has 1 heterocycles. The van der Waals surface area contributed by atoms with Crippen molar-refractivity contribution in [1.82, 2.24) is 14.8 Å². The maximum Gasteiger partial charge on any atom is 0.148 e. The highest BCUT2D eigenvalue weighted by atomic mass is 35.5. The zero-order valence-electron chi connectivity index (χ0n) is 9.04. The van der Waals surface area contributed by atoms with Gasteiger partial charge in [-0.25, -0.2) is 9.67 Å². The summed E-state index contributed by atoms with van der Waals surface area (Å²) in [6.45, 7) is 3.76. The number of hydrogen-bond acceptors (Lipinski definition) is 2. The first-order valence-electron chi connectivity index (χ1n) is 4.87. The van der Waals surface area contributed by atoms with Gasteiger partial charge in [0.15, 0.2) is 0 Å². The number of alkyl halides is 1. The Morgan fingerprint density at radius 1 is 1.31 bits per heavy atom. The SMILES string of the molecule is Cc1nc(C)n(-c2cc(Cl)ccc2CCl)n1. The molecular weight excluding hydrogens is 245 g/mol. The van der Waals surface area contributed by atoms with Crippen molar-refractivity contribution in [3.05, 3.63) is 40.4 Å². The number of aromatic nitrogens is 3. The molecule has 3 nitrogen and oxygen atoms in total. The molecule has 0 radical (unpaired) electrons. The van der Waals surface area contributed by atoms with E-state index in [4.69, 9.17) is 23.2 Å². The molecule has 0 fully saturated rings. The Bertz CT molecular complexity index is 520. The molecule has 1 aromatic carbocycles. The van der Waals surface area contributed by atoms with Gasteiger partial charge in [0, 0.05) is 10.9 Å². The summed E-state index contributed by atoms with van der Waals surface area (Å²) in [5, 5.41) is 4.98. The summed E-state index contributed by atoms with van der Waals surface area (Å²) in [5.74, 6) is 1.98. The molecule has 1 aromatic heterocycles. The van der Waals surface area contributed by atoms with Gasteiger partial charge in [0.05, 0.1) is 5.69 Å². The topological polar surface area (TPSA) is 30.7 Å². The van der Waals surface area contributed by atoms with Crippen LogP contribution in [0.3, 0.4) is 0 Å². The monoisotopic (exact) mass is 255 g/mol. The minimum atomic E-state index is 0.421. The van der Waals surface area contributed by atoms with E-state index in [1.54, 1.807) is 4.68 Å². The summed E-state index contributed by atoms with van der Waals surface area (Å²) in [4.78, 5) is 4.26. The molecule has 0 N–H and O–H groups in total. The molecule has 0 spiro atoms. The van der Waals surface area contributed by atoms with E-state index in [1.807, 2.05) is 32.0 Å². The van der Waals surface area contributed by atoms with E-state index in [1.165, 1.54) is 0 Å². The number of nitrogens with zero attached hydrogens (tertiary/aromatic N) is 3. The second kappa shape index (κ2) is 4.44. The van der Waals surface area contributed by atoms with Crippen LogP contribution in [0.25, 0.3) is 5.69 Å². The van der Waals surface area contributed by atoms with Gasteiger partial charge in [0.1, 0.15) is 11.6 Å². The lowest BCUT2D eigenvalue weighted by Crippen LogP contribution is -2.02. The minimum absolute atomic E-state index is 0.421. The third-order valence-corrected chi connectivity index (χ3v) is 2.82. The van der Waals surface area contributed by atoms with Gasteiger partial charge in [0.25, 0.3) is 0 Å². The van der Waals surface area contributed by atoms with Crippen molar-refractivity contribution in [3.8, 4) is 5.69 Å². The highest BCUT2D eigenvalue weighted by molar-refractivity contribution is 6.30. The third kappa shape index (κ3) is 2.06. The summed E-state index contributed by atoms with van der Waals surface area (Å²) in [6.07, 6.45) is 0. The molecular formula is C11H11Cl2N3. The van der Waals surface area contributed by atoms with Gasteiger partial charge in [-0.2, -0.15) is 5.10 Å². The van der Waals surface area contributed by atoms with Crippen LogP contribution >= 0.6 is 23.2 Å². The molecule has 0 bridgehead atoms. The van der Waals surface area contributed by atoms with Crippen LogP contribution in [-0.4, -0.2) is 14.8 Å². The van der Waals surface area contributed by atoms with Gasteiger partial charge in [-0.15, -0.1) is 11.6 Å². The van der Waals surface area contributed by atoms with E-state index in [-0.39, 0.29) is 0 Å². The maximum absolute atomic E-state index is 5.98. The highest BCUT2D eigenvalue weighted by Crippen LogP contribution is 2.22. The van der Waals surface area contributed by atoms with Crippen molar-refractivity contribution in [2.75, 3.05) is 0 Å². The van der Waals surface area contributed by atoms with Crippen LogP contribution < -0.4 is 0 Å². The first kappa shape index (κ1) is 11.4. The Balaban J connectivity index is 2.62. The zero-order chi connectivity index (χ0) is 11.7. The van der Waals surface area contributed by atoms with Crippen LogP contribution in [0.5, 0.6) is 0 Å². The largest absolute Gasteiger partial charge is 0.218 e. The molecule has 84 valence electrons. The van der Waals surface area contributed by atoms with Gasteiger partial charge in [-0.05, 0) is 31.5 Å². The van der Waals surface area contributed by atoms with E-state index >= 15 is 0 Å². The molecule has 16 heavy (non-hydrogen) atoms. The second-order valence-electron chi connectivity index (χ2n) is 3.52. The summed E-state index contributed by atoms with van der Waals surface area (Å²) >= 11 is 11.9. The highest BCUT2D eigenvalue weighted by Gasteiger charge is 2.09. The van der Waals surface area contributed by atoms with Crippen molar-refractivity contribution in [2.45, 2.75) is 19.7 Å². The molecule has 5 heteroatoms. The van der Waals surface area contributed by atoms with E-state index < -0.39 is 0 Å². The van der Waals surface area contributed by atoms with Crippen LogP contribution in [0.15, 0.2) is 18.2 Å². The molecule has 2 rings (SSSR count). The normalized spacial score (nSPS) is 10.8. The lowest BCUT2D eigenvalue weighted by atomic mass is 10.2. The molecule has 0 aliphatic rings. The molecule has 0 amide bonds. The van der Waals surface area contributed by atoms with Gasteiger partial charge >= 0.3 is 0 Å². The second-order valence-corrected chi connectivity index (χ2v) is 4.23. The number of benzene rings is 1. The number of aryl methyl sites for hydroxylation is 2. The quantitative estimate of drug-likeness (QED) is 0.772. The van der Waals surface area contributed by atoms with Crippen LogP contribution in [0.4, 0.5) is 0 Å². The first-order chi connectivity index (χ1) is 7.61. The van der Waals surface area contributed by atoms with E-state index in [0.717, 1.165) is 22.9 Å². The lowest BCUT2D eigenvalue weighted by molar-refractivity contribution is 0.824. The Morgan fingerprint density at radius 2 is 2.06 bits per heavy atom.